The fourth-order valence-electron chi connectivity index (χ4n) is 6.74. The zero-order chi connectivity index (χ0) is 42.7. The number of ether oxygens (including phenoxy) is 2. The monoisotopic (exact) mass is 841 g/mol. The molecule has 1 N–H and O–H groups in total. The number of rotatable bonds is 45. The Morgan fingerprint density at radius 3 is 1.50 bits per heavy atom. The predicted octanol–water partition coefficient (Wildman–Crippen LogP) is 14.6. The van der Waals surface area contributed by atoms with Gasteiger partial charge in [-0.25, -0.2) is 4.57 Å². The van der Waals surface area contributed by atoms with Gasteiger partial charge < -0.3 is 18.9 Å². The second-order valence-corrected chi connectivity index (χ2v) is 18.9. The zero-order valence-electron chi connectivity index (χ0n) is 38.8. The van der Waals surface area contributed by atoms with Crippen LogP contribution >= 0.6 is 7.82 Å². The Morgan fingerprint density at radius 2 is 1.00 bits per heavy atom. The first-order chi connectivity index (χ1) is 28.1. The molecule has 0 bridgehead atoms. The quantitative estimate of drug-likeness (QED) is 0.0215. The highest BCUT2D eigenvalue weighted by Gasteiger charge is 2.26. The molecular weight excluding hydrogens is 746 g/mol. The van der Waals surface area contributed by atoms with Crippen LogP contribution in [0.3, 0.4) is 0 Å². The van der Waals surface area contributed by atoms with Crippen molar-refractivity contribution in [3.8, 4) is 0 Å². The van der Waals surface area contributed by atoms with Crippen molar-refractivity contribution >= 4 is 13.8 Å². The highest BCUT2D eigenvalue weighted by atomic mass is 31.2. The van der Waals surface area contributed by atoms with E-state index in [1.165, 1.54) is 135 Å². The van der Waals surface area contributed by atoms with Gasteiger partial charge in [-0.2, -0.15) is 0 Å². The van der Waals surface area contributed by atoms with E-state index in [0.717, 1.165) is 57.8 Å². The van der Waals surface area contributed by atoms with Crippen LogP contribution in [0.15, 0.2) is 36.5 Å². The lowest BCUT2D eigenvalue weighted by molar-refractivity contribution is -0.870. The van der Waals surface area contributed by atoms with E-state index in [-0.39, 0.29) is 25.8 Å². The van der Waals surface area contributed by atoms with Crippen molar-refractivity contribution in [2.75, 3.05) is 54.1 Å². The minimum atomic E-state index is -4.28. The van der Waals surface area contributed by atoms with Crippen LogP contribution < -0.4 is 0 Å². The summed E-state index contributed by atoms with van der Waals surface area (Å²) in [6, 6.07) is 0. The van der Waals surface area contributed by atoms with E-state index in [1.54, 1.807) is 0 Å². The number of esters is 1. The molecule has 0 fully saturated rings. The van der Waals surface area contributed by atoms with Crippen molar-refractivity contribution in [2.45, 2.75) is 219 Å². The first-order valence-corrected chi connectivity index (χ1v) is 25.7. The molecule has 0 aromatic carbocycles. The molecule has 0 aromatic rings. The van der Waals surface area contributed by atoms with Gasteiger partial charge in [0.15, 0.2) is 0 Å². The maximum absolute atomic E-state index is 12.7. The van der Waals surface area contributed by atoms with Gasteiger partial charge >= 0.3 is 13.8 Å². The number of carbonyl (C=O) groups excluding carboxylic acids is 1. The number of hydrogen-bond donors (Lipinski definition) is 1. The third-order valence-corrected chi connectivity index (χ3v) is 11.5. The molecule has 0 heterocycles. The van der Waals surface area contributed by atoms with Crippen LogP contribution in [0.1, 0.15) is 213 Å². The van der Waals surface area contributed by atoms with E-state index in [2.05, 4.69) is 50.3 Å². The molecule has 0 aliphatic rings. The summed E-state index contributed by atoms with van der Waals surface area (Å²) in [6.07, 6.45) is 50.4. The fraction of sp³-hybridized carbons (Fsp3) is 0.857. The van der Waals surface area contributed by atoms with Crippen molar-refractivity contribution in [2.24, 2.45) is 0 Å². The number of phosphoric ester groups is 1. The summed E-state index contributed by atoms with van der Waals surface area (Å²) < 4.78 is 35.1. The van der Waals surface area contributed by atoms with Gasteiger partial charge in [-0.1, -0.05) is 198 Å². The summed E-state index contributed by atoms with van der Waals surface area (Å²) in [5, 5.41) is 0. The largest absolute Gasteiger partial charge is 0.472 e. The molecule has 0 spiro atoms. The number of unbranched alkanes of at least 4 members (excludes halogenated alkanes) is 25. The average Bonchev–Trinajstić information content (AvgIpc) is 3.18. The van der Waals surface area contributed by atoms with Crippen LogP contribution in [-0.4, -0.2) is 75.6 Å². The molecule has 2 unspecified atom stereocenters. The SMILES string of the molecule is CC/C=C\C/C=C\C/C=C\CCCCCCCCCC(=O)OC(COCCCCCCCCCCCCCCCCCCCCC)COP(=O)(O)OCC[N+](C)(C)C. The van der Waals surface area contributed by atoms with Gasteiger partial charge in [0.25, 0.3) is 0 Å². The third-order valence-electron chi connectivity index (χ3n) is 10.5. The molecule has 58 heavy (non-hydrogen) atoms. The topological polar surface area (TPSA) is 91.3 Å². The van der Waals surface area contributed by atoms with Crippen LogP contribution in [0.5, 0.6) is 0 Å². The van der Waals surface area contributed by atoms with Crippen molar-refractivity contribution in [1.29, 1.82) is 0 Å². The summed E-state index contributed by atoms with van der Waals surface area (Å²) in [6.45, 7) is 5.54. The fourth-order valence-corrected chi connectivity index (χ4v) is 7.49. The number of quaternary nitrogens is 1. The molecule has 0 saturated heterocycles. The lowest BCUT2D eigenvalue weighted by Crippen LogP contribution is -2.37. The smallest absolute Gasteiger partial charge is 0.457 e. The highest BCUT2D eigenvalue weighted by molar-refractivity contribution is 7.47. The van der Waals surface area contributed by atoms with E-state index < -0.39 is 13.9 Å². The number of allylic oxidation sites excluding steroid dienone is 6. The van der Waals surface area contributed by atoms with E-state index in [0.29, 0.717) is 24.1 Å². The molecule has 342 valence electrons. The Balaban J connectivity index is 4.16. The van der Waals surface area contributed by atoms with Gasteiger partial charge in [-0.05, 0) is 44.9 Å². The molecule has 9 heteroatoms. The zero-order valence-corrected chi connectivity index (χ0v) is 39.7. The molecule has 0 aliphatic heterocycles. The lowest BCUT2D eigenvalue weighted by Gasteiger charge is -2.24. The average molecular weight is 841 g/mol. The summed E-state index contributed by atoms with van der Waals surface area (Å²) in [5.41, 5.74) is 0. The first-order valence-electron chi connectivity index (χ1n) is 24.2. The van der Waals surface area contributed by atoms with Gasteiger partial charge in [0, 0.05) is 13.0 Å². The number of hydrogen-bond acceptors (Lipinski definition) is 6. The predicted molar refractivity (Wildman–Crippen MR) is 247 cm³/mol. The second kappa shape index (κ2) is 42.4. The van der Waals surface area contributed by atoms with Gasteiger partial charge in [-0.15, -0.1) is 0 Å². The van der Waals surface area contributed by atoms with E-state index in [9.17, 15) is 14.3 Å². The Morgan fingerprint density at radius 1 is 0.552 bits per heavy atom. The van der Waals surface area contributed by atoms with Crippen LogP contribution in [-0.2, 0) is 27.9 Å². The van der Waals surface area contributed by atoms with Crippen LogP contribution in [0, 0.1) is 0 Å². The van der Waals surface area contributed by atoms with Gasteiger partial charge in [0.2, 0.25) is 0 Å². The van der Waals surface area contributed by atoms with Crippen LogP contribution in [0.25, 0.3) is 0 Å². The minimum Gasteiger partial charge on any atom is -0.457 e. The second-order valence-electron chi connectivity index (χ2n) is 17.5. The van der Waals surface area contributed by atoms with Crippen molar-refractivity contribution in [3.05, 3.63) is 36.5 Å². The van der Waals surface area contributed by atoms with Crippen LogP contribution in [0.2, 0.25) is 0 Å². The standard InChI is InChI=1S/C49H94NO7P/c1-6-8-10-12-14-16-18-20-22-24-25-27-29-31-33-35-37-39-41-44-54-46-48(47-56-58(52,53)55-45-43-50(3,4)5)57-49(51)42-40-38-36-34-32-30-28-26-23-21-19-17-15-13-11-9-7-2/h9,11,15,17,21,23,48H,6-8,10,12-14,16,18-20,22,24-47H2,1-5H3/p+1/b11-9-,17-15-,23-21-. The van der Waals surface area contributed by atoms with Gasteiger partial charge in [-0.3, -0.25) is 13.8 Å². The first kappa shape index (κ1) is 56.7. The molecule has 0 aromatic heterocycles. The number of likely N-dealkylation sites (N-methyl/N-ethyl adjacent to an activating group) is 1. The number of nitrogens with zero attached hydrogens (tertiary/aromatic N) is 1. The Hall–Kier alpha value is -1.28. The maximum Gasteiger partial charge on any atom is 0.472 e. The van der Waals surface area contributed by atoms with Gasteiger partial charge in [0.05, 0.1) is 34.4 Å². The summed E-state index contributed by atoms with van der Waals surface area (Å²) >= 11 is 0. The van der Waals surface area contributed by atoms with E-state index in [4.69, 9.17) is 18.5 Å². The molecule has 0 saturated carbocycles. The maximum atomic E-state index is 12.7. The molecule has 0 rings (SSSR count). The van der Waals surface area contributed by atoms with Gasteiger partial charge in [0.1, 0.15) is 19.3 Å². The molecule has 0 aliphatic carbocycles. The summed E-state index contributed by atoms with van der Waals surface area (Å²) in [7, 11) is 1.67. The lowest BCUT2D eigenvalue weighted by atomic mass is 10.0. The Kier molecular flexibility index (Phi) is 41.5. The Labute approximate surface area is 359 Å². The minimum absolute atomic E-state index is 0.0874. The molecule has 2 atom stereocenters. The molecule has 8 nitrogen and oxygen atoms in total. The van der Waals surface area contributed by atoms with E-state index >= 15 is 0 Å². The summed E-state index contributed by atoms with van der Waals surface area (Å²) in [4.78, 5) is 22.9. The third kappa shape index (κ3) is 45.8. The Bertz CT molecular complexity index is 1020. The van der Waals surface area contributed by atoms with Crippen LogP contribution in [0.4, 0.5) is 0 Å². The number of carbonyl (C=O) groups is 1. The number of phosphoric acid groups is 1. The molecule has 0 radical (unpaired) electrons. The molecular formula is C49H95NO7P+. The van der Waals surface area contributed by atoms with Crippen molar-refractivity contribution in [1.82, 2.24) is 0 Å². The molecule has 0 amide bonds. The summed E-state index contributed by atoms with van der Waals surface area (Å²) in [5.74, 6) is -0.321. The van der Waals surface area contributed by atoms with E-state index in [1.807, 2.05) is 21.1 Å². The normalized spacial score (nSPS) is 14.0. The highest BCUT2D eigenvalue weighted by Crippen LogP contribution is 2.43. The van der Waals surface area contributed by atoms with Crippen molar-refractivity contribution < 1.29 is 37.3 Å². The van der Waals surface area contributed by atoms with Crippen molar-refractivity contribution in [3.63, 3.8) is 0 Å².